The van der Waals surface area contributed by atoms with E-state index in [1.165, 1.54) is 11.3 Å². The van der Waals surface area contributed by atoms with Gasteiger partial charge in [-0.15, -0.1) is 0 Å². The molecule has 2 amide bonds. The standard InChI is InChI=1S/C20H20N4O2S/c1-13-7-3-4-8-15(13)19(26)22-12-10-17(25)24-20-23-14(2)18(27-20)16-9-5-6-11-21-16/h3-9,11H,10,12H2,1-2H3,(H,22,26)(H,23,24,25). The molecule has 7 heteroatoms. The number of carbonyl (C=O) groups excluding carboxylic acids is 2. The summed E-state index contributed by atoms with van der Waals surface area (Å²) in [5, 5.41) is 6.09. The van der Waals surface area contributed by atoms with Crippen molar-refractivity contribution in [2.45, 2.75) is 20.3 Å². The first-order chi connectivity index (χ1) is 13.0. The molecule has 0 fully saturated rings. The van der Waals surface area contributed by atoms with Crippen LogP contribution in [0.2, 0.25) is 0 Å². The Morgan fingerprint density at radius 2 is 1.85 bits per heavy atom. The zero-order chi connectivity index (χ0) is 19.2. The molecule has 0 aliphatic carbocycles. The summed E-state index contributed by atoms with van der Waals surface area (Å²) >= 11 is 1.39. The van der Waals surface area contributed by atoms with Crippen LogP contribution in [0.4, 0.5) is 5.13 Å². The lowest BCUT2D eigenvalue weighted by Gasteiger charge is -2.07. The van der Waals surface area contributed by atoms with Crippen molar-refractivity contribution in [3.05, 3.63) is 65.5 Å². The minimum Gasteiger partial charge on any atom is -0.352 e. The molecule has 1 aromatic carbocycles. The first-order valence-electron chi connectivity index (χ1n) is 8.57. The van der Waals surface area contributed by atoms with Gasteiger partial charge in [-0.1, -0.05) is 35.6 Å². The van der Waals surface area contributed by atoms with E-state index in [-0.39, 0.29) is 24.8 Å². The Morgan fingerprint density at radius 3 is 2.59 bits per heavy atom. The van der Waals surface area contributed by atoms with E-state index in [1.54, 1.807) is 12.3 Å². The second-order valence-electron chi connectivity index (χ2n) is 6.02. The average Bonchev–Trinajstić information content (AvgIpc) is 3.02. The lowest BCUT2D eigenvalue weighted by atomic mass is 10.1. The highest BCUT2D eigenvalue weighted by molar-refractivity contribution is 7.19. The SMILES string of the molecule is Cc1ccccc1C(=O)NCCC(=O)Nc1nc(C)c(-c2ccccn2)s1. The second kappa shape index (κ2) is 8.55. The number of aromatic nitrogens is 2. The number of rotatable bonds is 6. The Balaban J connectivity index is 1.53. The molecule has 6 nitrogen and oxygen atoms in total. The van der Waals surface area contributed by atoms with E-state index in [9.17, 15) is 9.59 Å². The van der Waals surface area contributed by atoms with Crippen molar-refractivity contribution in [3.63, 3.8) is 0 Å². The number of carbonyl (C=O) groups is 2. The molecule has 2 heterocycles. The zero-order valence-corrected chi connectivity index (χ0v) is 16.0. The number of anilines is 1. The highest BCUT2D eigenvalue weighted by atomic mass is 32.1. The number of hydrogen-bond acceptors (Lipinski definition) is 5. The maximum atomic E-state index is 12.2. The van der Waals surface area contributed by atoms with E-state index in [0.717, 1.165) is 21.8 Å². The number of amides is 2. The van der Waals surface area contributed by atoms with Crippen LogP contribution in [0, 0.1) is 13.8 Å². The van der Waals surface area contributed by atoms with Crippen molar-refractivity contribution in [2.24, 2.45) is 0 Å². The lowest BCUT2D eigenvalue weighted by Crippen LogP contribution is -2.28. The van der Waals surface area contributed by atoms with Gasteiger partial charge in [0.25, 0.3) is 5.91 Å². The van der Waals surface area contributed by atoms with Crippen molar-refractivity contribution in [1.29, 1.82) is 0 Å². The van der Waals surface area contributed by atoms with Crippen molar-refractivity contribution >= 4 is 28.3 Å². The summed E-state index contributed by atoms with van der Waals surface area (Å²) in [7, 11) is 0. The highest BCUT2D eigenvalue weighted by Gasteiger charge is 2.13. The quantitative estimate of drug-likeness (QED) is 0.685. The predicted octanol–water partition coefficient (Wildman–Crippen LogP) is 3.58. The van der Waals surface area contributed by atoms with Crippen LogP contribution in [0.15, 0.2) is 48.7 Å². The molecule has 0 aliphatic heterocycles. The molecule has 0 bridgehead atoms. The molecule has 0 unspecified atom stereocenters. The van der Waals surface area contributed by atoms with Crippen molar-refractivity contribution < 1.29 is 9.59 Å². The van der Waals surface area contributed by atoms with Gasteiger partial charge in [0.2, 0.25) is 5.91 Å². The van der Waals surface area contributed by atoms with Gasteiger partial charge in [-0.05, 0) is 37.6 Å². The van der Waals surface area contributed by atoms with Crippen molar-refractivity contribution in [2.75, 3.05) is 11.9 Å². The van der Waals surface area contributed by atoms with Crippen LogP contribution in [0.1, 0.15) is 28.0 Å². The molecule has 0 aliphatic rings. The molecule has 0 saturated heterocycles. The summed E-state index contributed by atoms with van der Waals surface area (Å²) in [6.07, 6.45) is 1.90. The third-order valence-corrected chi connectivity index (χ3v) is 5.06. The van der Waals surface area contributed by atoms with Crippen molar-refractivity contribution in [1.82, 2.24) is 15.3 Å². The van der Waals surface area contributed by atoms with E-state index in [4.69, 9.17) is 0 Å². The summed E-state index contributed by atoms with van der Waals surface area (Å²) in [5.41, 5.74) is 3.17. The third kappa shape index (κ3) is 4.77. The fraction of sp³-hybridized carbons (Fsp3) is 0.200. The number of pyridine rings is 1. The summed E-state index contributed by atoms with van der Waals surface area (Å²) in [5.74, 6) is -0.371. The van der Waals surface area contributed by atoms with E-state index < -0.39 is 0 Å². The Labute approximate surface area is 161 Å². The Kier molecular flexibility index (Phi) is 5.93. The van der Waals surface area contributed by atoms with Crippen LogP contribution in [-0.4, -0.2) is 28.3 Å². The van der Waals surface area contributed by atoms with E-state index in [2.05, 4.69) is 20.6 Å². The molecule has 2 aromatic heterocycles. The predicted molar refractivity (Wildman–Crippen MR) is 107 cm³/mol. The molecule has 27 heavy (non-hydrogen) atoms. The van der Waals surface area contributed by atoms with Gasteiger partial charge in [-0.3, -0.25) is 14.6 Å². The molecule has 0 saturated carbocycles. The minimum atomic E-state index is -0.193. The van der Waals surface area contributed by atoms with Crippen LogP contribution in [0.3, 0.4) is 0 Å². The van der Waals surface area contributed by atoms with Crippen LogP contribution < -0.4 is 10.6 Å². The van der Waals surface area contributed by atoms with Gasteiger partial charge in [0.05, 0.1) is 16.3 Å². The first kappa shape index (κ1) is 18.7. The van der Waals surface area contributed by atoms with Gasteiger partial charge in [-0.25, -0.2) is 4.98 Å². The number of nitrogens with zero attached hydrogens (tertiary/aromatic N) is 2. The van der Waals surface area contributed by atoms with Gasteiger partial charge in [0.1, 0.15) is 0 Å². The third-order valence-electron chi connectivity index (χ3n) is 3.97. The Bertz CT molecular complexity index is 954. The zero-order valence-electron chi connectivity index (χ0n) is 15.2. The summed E-state index contributed by atoms with van der Waals surface area (Å²) in [6.45, 7) is 4.03. The molecule has 0 radical (unpaired) electrons. The monoisotopic (exact) mass is 380 g/mol. The second-order valence-corrected chi connectivity index (χ2v) is 7.02. The molecule has 3 aromatic rings. The van der Waals surface area contributed by atoms with Gasteiger partial charge < -0.3 is 10.6 Å². The molecular formula is C20H20N4O2S. The smallest absolute Gasteiger partial charge is 0.251 e. The maximum absolute atomic E-state index is 12.2. The lowest BCUT2D eigenvalue weighted by molar-refractivity contribution is -0.116. The Morgan fingerprint density at radius 1 is 1.07 bits per heavy atom. The molecule has 138 valence electrons. The number of thiazole rings is 1. The van der Waals surface area contributed by atoms with E-state index in [1.807, 2.05) is 50.2 Å². The largest absolute Gasteiger partial charge is 0.352 e. The first-order valence-corrected chi connectivity index (χ1v) is 9.39. The van der Waals surface area contributed by atoms with E-state index in [0.29, 0.717) is 10.7 Å². The minimum absolute atomic E-state index is 0.176. The van der Waals surface area contributed by atoms with E-state index >= 15 is 0 Å². The van der Waals surface area contributed by atoms with Gasteiger partial charge in [0.15, 0.2) is 5.13 Å². The van der Waals surface area contributed by atoms with Gasteiger partial charge in [0, 0.05) is 24.7 Å². The number of aryl methyl sites for hydroxylation is 2. The summed E-state index contributed by atoms with van der Waals surface area (Å²) in [4.78, 5) is 33.9. The summed E-state index contributed by atoms with van der Waals surface area (Å²) < 4.78 is 0. The number of nitrogens with one attached hydrogen (secondary N) is 2. The fourth-order valence-corrected chi connectivity index (χ4v) is 3.54. The topological polar surface area (TPSA) is 84.0 Å². The maximum Gasteiger partial charge on any atom is 0.251 e. The van der Waals surface area contributed by atoms with Gasteiger partial charge in [-0.2, -0.15) is 0 Å². The molecule has 3 rings (SSSR count). The molecule has 0 spiro atoms. The van der Waals surface area contributed by atoms with Crippen LogP contribution in [0.5, 0.6) is 0 Å². The number of hydrogen-bond donors (Lipinski definition) is 2. The van der Waals surface area contributed by atoms with Crippen LogP contribution in [0.25, 0.3) is 10.6 Å². The van der Waals surface area contributed by atoms with Crippen LogP contribution >= 0.6 is 11.3 Å². The number of benzene rings is 1. The summed E-state index contributed by atoms with van der Waals surface area (Å²) in [6, 6.07) is 13.0. The average molecular weight is 380 g/mol. The normalized spacial score (nSPS) is 10.4. The molecule has 2 N–H and O–H groups in total. The molecular weight excluding hydrogens is 360 g/mol. The molecule has 0 atom stereocenters. The Hall–Kier alpha value is -3.06. The van der Waals surface area contributed by atoms with Crippen LogP contribution in [-0.2, 0) is 4.79 Å². The fourth-order valence-electron chi connectivity index (χ4n) is 2.58. The highest BCUT2D eigenvalue weighted by Crippen LogP contribution is 2.31. The van der Waals surface area contributed by atoms with Gasteiger partial charge >= 0.3 is 0 Å². The van der Waals surface area contributed by atoms with Crippen molar-refractivity contribution in [3.8, 4) is 10.6 Å².